The molecule has 2 nitrogen and oxygen atoms in total. The van der Waals surface area contributed by atoms with Crippen molar-refractivity contribution in [2.75, 3.05) is 4.90 Å². The first-order chi connectivity index (χ1) is 41.7. The molecule has 2 spiro atoms. The Morgan fingerprint density at radius 1 is 0.262 bits per heavy atom. The van der Waals surface area contributed by atoms with Crippen molar-refractivity contribution in [2.24, 2.45) is 0 Å². The summed E-state index contributed by atoms with van der Waals surface area (Å²) in [4.78, 5) is 5.19. The quantitative estimate of drug-likeness (QED) is 0.165. The molecular formula is C81H51NOS. The van der Waals surface area contributed by atoms with E-state index < -0.39 is 16.2 Å². The van der Waals surface area contributed by atoms with Crippen LogP contribution in [-0.2, 0) is 16.2 Å². The van der Waals surface area contributed by atoms with E-state index in [4.69, 9.17) is 4.74 Å². The minimum Gasteiger partial charge on any atom is -0.457 e. The molecule has 0 atom stereocenters. The maximum atomic E-state index is 6.85. The molecule has 18 rings (SSSR count). The Morgan fingerprint density at radius 3 is 1.23 bits per heavy atom. The molecule has 84 heavy (non-hydrogen) atoms. The molecule has 0 radical (unpaired) electrons. The topological polar surface area (TPSA) is 12.5 Å². The summed E-state index contributed by atoms with van der Waals surface area (Å²) in [6.07, 6.45) is 0. The van der Waals surface area contributed by atoms with Gasteiger partial charge in [0, 0.05) is 37.7 Å². The fourth-order valence-corrected chi connectivity index (χ4v) is 17.2. The van der Waals surface area contributed by atoms with Crippen LogP contribution in [0.5, 0.6) is 11.5 Å². The van der Waals surface area contributed by atoms with E-state index in [0.717, 1.165) is 50.8 Å². The van der Waals surface area contributed by atoms with E-state index in [1.54, 1.807) is 0 Å². The zero-order valence-electron chi connectivity index (χ0n) is 45.7. The van der Waals surface area contributed by atoms with E-state index in [0.29, 0.717) is 0 Å². The van der Waals surface area contributed by atoms with Crippen LogP contribution in [0.25, 0.3) is 44.5 Å². The summed E-state index contributed by atoms with van der Waals surface area (Å²) in [6, 6.07) is 116. The molecule has 0 saturated carbocycles. The second-order valence-corrected chi connectivity index (χ2v) is 23.9. The molecule has 3 heteroatoms. The first kappa shape index (κ1) is 47.4. The summed E-state index contributed by atoms with van der Waals surface area (Å²) in [5.74, 6) is 1.76. The number of benzene rings is 13. The molecule has 0 bridgehead atoms. The number of nitrogens with zero attached hydrogens (tertiary/aromatic N) is 1. The molecule has 392 valence electrons. The Morgan fingerprint density at radius 2 is 0.667 bits per heavy atom. The lowest BCUT2D eigenvalue weighted by Gasteiger charge is -2.40. The highest BCUT2D eigenvalue weighted by Gasteiger charge is 2.54. The van der Waals surface area contributed by atoms with Gasteiger partial charge in [-0.1, -0.05) is 267 Å². The predicted octanol–water partition coefficient (Wildman–Crippen LogP) is 20.5. The second-order valence-electron chi connectivity index (χ2n) is 22.9. The van der Waals surface area contributed by atoms with Crippen molar-refractivity contribution in [3.8, 4) is 56.0 Å². The molecule has 2 heterocycles. The summed E-state index contributed by atoms with van der Waals surface area (Å²) in [5, 5.41) is 0. The van der Waals surface area contributed by atoms with E-state index in [-0.39, 0.29) is 0 Å². The van der Waals surface area contributed by atoms with Crippen molar-refractivity contribution in [2.45, 2.75) is 26.0 Å². The van der Waals surface area contributed by atoms with Crippen LogP contribution in [0.4, 0.5) is 17.1 Å². The smallest absolute Gasteiger partial charge is 0.132 e. The van der Waals surface area contributed by atoms with Gasteiger partial charge in [-0.05, 0) is 144 Å². The SMILES string of the molecule is c1ccc(C2(c3ccccc3)c3ccccc3-c3ccc(-c4cccc(N(c5cccc6c5-c5ccccc5C65c6ccccc6Oc6ccccc65)c5cccc6c5-c5ccccc5C65c6ccccc6Sc6ccccc65)c4)cc32)cc1. The fourth-order valence-electron chi connectivity index (χ4n) is 16.0. The largest absolute Gasteiger partial charge is 0.457 e. The van der Waals surface area contributed by atoms with Gasteiger partial charge < -0.3 is 9.64 Å². The van der Waals surface area contributed by atoms with Gasteiger partial charge in [-0.15, -0.1) is 0 Å². The average Bonchev–Trinajstić information content (AvgIpc) is 1.71. The number of para-hydroxylation sites is 2. The Bertz CT molecular complexity index is 4560. The fraction of sp³-hybridized carbons (Fsp3) is 0.0370. The first-order valence-corrected chi connectivity index (χ1v) is 30.0. The monoisotopic (exact) mass is 1090 g/mol. The number of hydrogen-bond acceptors (Lipinski definition) is 3. The van der Waals surface area contributed by atoms with Crippen LogP contribution in [-0.4, -0.2) is 0 Å². The summed E-state index contributed by atoms with van der Waals surface area (Å²) >= 11 is 1.89. The summed E-state index contributed by atoms with van der Waals surface area (Å²) in [6.45, 7) is 0. The highest BCUT2D eigenvalue weighted by molar-refractivity contribution is 7.99. The maximum absolute atomic E-state index is 6.85. The molecule has 0 aromatic heterocycles. The summed E-state index contributed by atoms with van der Waals surface area (Å²) in [5.41, 5.74) is 26.4. The molecular weight excluding hydrogens is 1030 g/mol. The Hall–Kier alpha value is -10.2. The Balaban J connectivity index is 0.922. The van der Waals surface area contributed by atoms with Crippen LogP contribution in [0.3, 0.4) is 0 Å². The molecule has 0 saturated heterocycles. The highest BCUT2D eigenvalue weighted by Crippen LogP contribution is 2.67. The van der Waals surface area contributed by atoms with Gasteiger partial charge in [0.25, 0.3) is 0 Å². The molecule has 0 unspecified atom stereocenters. The average molecular weight is 1090 g/mol. The third-order valence-electron chi connectivity index (χ3n) is 19.1. The van der Waals surface area contributed by atoms with Crippen LogP contribution in [0, 0.1) is 0 Å². The number of hydrogen-bond donors (Lipinski definition) is 0. The van der Waals surface area contributed by atoms with Crippen LogP contribution in [0.15, 0.2) is 319 Å². The van der Waals surface area contributed by atoms with Gasteiger partial charge in [0.1, 0.15) is 11.5 Å². The van der Waals surface area contributed by atoms with E-state index in [1.807, 2.05) is 11.8 Å². The second kappa shape index (κ2) is 17.9. The van der Waals surface area contributed by atoms with Gasteiger partial charge >= 0.3 is 0 Å². The zero-order valence-corrected chi connectivity index (χ0v) is 46.5. The number of fused-ring (bicyclic) bond motifs is 21. The number of ether oxygens (including phenoxy) is 1. The molecule has 0 amide bonds. The van der Waals surface area contributed by atoms with Crippen molar-refractivity contribution in [1.82, 2.24) is 0 Å². The molecule has 13 aromatic carbocycles. The summed E-state index contributed by atoms with van der Waals surface area (Å²) in [7, 11) is 0. The molecule has 3 aliphatic carbocycles. The van der Waals surface area contributed by atoms with Crippen molar-refractivity contribution in [3.63, 3.8) is 0 Å². The van der Waals surface area contributed by atoms with Gasteiger partial charge in [0.2, 0.25) is 0 Å². The lowest BCUT2D eigenvalue weighted by Crippen LogP contribution is -2.32. The molecule has 13 aromatic rings. The molecule has 5 aliphatic rings. The van der Waals surface area contributed by atoms with Gasteiger partial charge in [-0.3, -0.25) is 0 Å². The minimum atomic E-state index is -0.657. The molecule has 0 fully saturated rings. The van der Waals surface area contributed by atoms with Gasteiger partial charge in [0.05, 0.1) is 27.6 Å². The van der Waals surface area contributed by atoms with Crippen LogP contribution in [0.1, 0.15) is 66.8 Å². The minimum absolute atomic E-state index is 0.535. The number of anilines is 3. The standard InChI is InChI=1S/C81H51NOS/c1-3-25-54(26-4-1)79(55-27-5-2-6-28-55)61-33-10-7-30-57(61)58-49-48-53(51-70(58)79)52-24-21-29-56(50-52)82(71-42-22-40-68-77(71)59-31-8-11-34-62(59)80(68)64-36-13-17-44-73(64)83-74-45-18-14-37-65(74)80)72-43-23-41-69-78(72)60-32-9-12-35-63(60)81(69)66-38-15-19-46-75(66)84-76-47-20-16-39-67(76)81/h1-51H. The van der Waals surface area contributed by atoms with E-state index in [9.17, 15) is 0 Å². The Kier molecular flexibility index (Phi) is 10.1. The van der Waals surface area contributed by atoms with E-state index in [1.165, 1.54) is 98.8 Å². The molecule has 2 aliphatic heterocycles. The van der Waals surface area contributed by atoms with Crippen molar-refractivity contribution in [1.29, 1.82) is 0 Å². The van der Waals surface area contributed by atoms with Crippen LogP contribution in [0.2, 0.25) is 0 Å². The van der Waals surface area contributed by atoms with Gasteiger partial charge in [0.15, 0.2) is 0 Å². The maximum Gasteiger partial charge on any atom is 0.132 e. The Labute approximate surface area is 493 Å². The number of rotatable bonds is 6. The lowest BCUT2D eigenvalue weighted by molar-refractivity contribution is 0.436. The van der Waals surface area contributed by atoms with Gasteiger partial charge in [-0.25, -0.2) is 0 Å². The third kappa shape index (κ3) is 6.16. The highest BCUT2D eigenvalue weighted by atomic mass is 32.2. The molecule has 0 N–H and O–H groups in total. The van der Waals surface area contributed by atoms with Crippen LogP contribution >= 0.6 is 11.8 Å². The third-order valence-corrected chi connectivity index (χ3v) is 20.2. The first-order valence-electron chi connectivity index (χ1n) is 29.1. The predicted molar refractivity (Wildman–Crippen MR) is 343 cm³/mol. The zero-order chi connectivity index (χ0) is 55.1. The summed E-state index contributed by atoms with van der Waals surface area (Å²) < 4.78 is 6.85. The van der Waals surface area contributed by atoms with Crippen molar-refractivity contribution < 1.29 is 4.74 Å². The van der Waals surface area contributed by atoms with E-state index in [2.05, 4.69) is 314 Å². The van der Waals surface area contributed by atoms with Crippen molar-refractivity contribution >= 4 is 28.8 Å². The normalized spacial score (nSPS) is 14.8. The van der Waals surface area contributed by atoms with E-state index >= 15 is 0 Å². The van der Waals surface area contributed by atoms with Crippen molar-refractivity contribution in [3.05, 3.63) is 376 Å². The van der Waals surface area contributed by atoms with Crippen LogP contribution < -0.4 is 9.64 Å². The lowest BCUT2D eigenvalue weighted by atomic mass is 9.66. The van der Waals surface area contributed by atoms with Gasteiger partial charge in [-0.2, -0.15) is 0 Å².